The van der Waals surface area contributed by atoms with Crippen molar-refractivity contribution in [2.75, 3.05) is 0 Å². The lowest BCUT2D eigenvalue weighted by atomic mass is 10.1. The number of hydrogen-bond donors (Lipinski definition) is 1. The molecular formula is C22H18N6O3S. The Balaban J connectivity index is 1.57. The van der Waals surface area contributed by atoms with Crippen LogP contribution in [0.5, 0.6) is 0 Å². The molecule has 32 heavy (non-hydrogen) atoms. The molecular weight excluding hydrogens is 428 g/mol. The maximum absolute atomic E-state index is 13.2. The molecule has 0 unspecified atom stereocenters. The molecule has 0 bridgehead atoms. The summed E-state index contributed by atoms with van der Waals surface area (Å²) in [5.41, 5.74) is 8.26. The molecule has 0 aliphatic rings. The Morgan fingerprint density at radius 3 is 2.38 bits per heavy atom. The summed E-state index contributed by atoms with van der Waals surface area (Å²) in [4.78, 5) is 16.2. The molecule has 3 heterocycles. The minimum absolute atomic E-state index is 0.166. The van der Waals surface area contributed by atoms with E-state index in [0.29, 0.717) is 22.3 Å². The summed E-state index contributed by atoms with van der Waals surface area (Å²) >= 11 is 0. The number of fused-ring (bicyclic) bond motifs is 2. The number of rotatable bonds is 4. The van der Waals surface area contributed by atoms with Crippen LogP contribution in [0.25, 0.3) is 33.2 Å². The molecule has 0 atom stereocenters. The predicted octanol–water partition coefficient (Wildman–Crippen LogP) is 2.45. The molecule has 10 heteroatoms. The van der Waals surface area contributed by atoms with Crippen LogP contribution in [0.4, 0.5) is 0 Å². The summed E-state index contributed by atoms with van der Waals surface area (Å²) in [6, 6.07) is 13.1. The molecule has 0 radical (unpaired) electrons. The zero-order valence-electron chi connectivity index (χ0n) is 17.2. The molecule has 2 N–H and O–H groups in total. The monoisotopic (exact) mass is 446 g/mol. The Hall–Kier alpha value is -4.05. The van der Waals surface area contributed by atoms with E-state index < -0.39 is 15.7 Å². The molecule has 0 aliphatic heterocycles. The second-order valence-corrected chi connectivity index (χ2v) is 9.40. The number of benzene rings is 2. The third-order valence-electron chi connectivity index (χ3n) is 5.43. The number of sulfone groups is 1. The van der Waals surface area contributed by atoms with E-state index in [0.717, 1.165) is 10.9 Å². The highest BCUT2D eigenvalue weighted by atomic mass is 32.2. The third kappa shape index (κ3) is 3.04. The standard InChI is InChI=1S/C22H18N6O3S/c1-27-19-10-17(8-5-14(19)12-25-27)32(30,31)16-6-3-13(4-7-16)20-18-9-15(21(23)29)11-24-22(18)28(2)26-20/h3-12H,1-2H3,(H2,23,29). The first-order valence-electron chi connectivity index (χ1n) is 9.65. The summed E-state index contributed by atoms with van der Waals surface area (Å²) in [5.74, 6) is -0.582. The first-order valence-corrected chi connectivity index (χ1v) is 11.1. The first-order chi connectivity index (χ1) is 15.3. The van der Waals surface area contributed by atoms with Gasteiger partial charge in [-0.15, -0.1) is 0 Å². The number of aromatic nitrogens is 5. The van der Waals surface area contributed by atoms with E-state index in [1.807, 2.05) is 0 Å². The van der Waals surface area contributed by atoms with Crippen LogP contribution in [0, 0.1) is 0 Å². The molecule has 3 aromatic heterocycles. The highest BCUT2D eigenvalue weighted by Gasteiger charge is 2.20. The van der Waals surface area contributed by atoms with Crippen LogP contribution in [-0.4, -0.2) is 38.9 Å². The maximum Gasteiger partial charge on any atom is 0.250 e. The number of nitrogens with two attached hydrogens (primary N) is 1. The van der Waals surface area contributed by atoms with E-state index in [-0.39, 0.29) is 15.4 Å². The van der Waals surface area contributed by atoms with Crippen LogP contribution < -0.4 is 5.73 Å². The number of primary amides is 1. The minimum Gasteiger partial charge on any atom is -0.366 e. The van der Waals surface area contributed by atoms with Crippen molar-refractivity contribution in [2.45, 2.75) is 9.79 Å². The van der Waals surface area contributed by atoms with Gasteiger partial charge in [0.2, 0.25) is 15.7 Å². The number of amides is 1. The molecule has 0 saturated carbocycles. The van der Waals surface area contributed by atoms with Crippen molar-refractivity contribution in [3.8, 4) is 11.3 Å². The van der Waals surface area contributed by atoms with Gasteiger partial charge in [0.25, 0.3) is 0 Å². The number of hydrogen-bond acceptors (Lipinski definition) is 6. The summed E-state index contributed by atoms with van der Waals surface area (Å²) in [6.45, 7) is 0. The van der Waals surface area contributed by atoms with Crippen molar-refractivity contribution in [3.05, 3.63) is 66.5 Å². The smallest absolute Gasteiger partial charge is 0.250 e. The van der Waals surface area contributed by atoms with Crippen molar-refractivity contribution < 1.29 is 13.2 Å². The van der Waals surface area contributed by atoms with Gasteiger partial charge in [0.15, 0.2) is 5.65 Å². The molecule has 2 aromatic carbocycles. The molecule has 5 rings (SSSR count). The summed E-state index contributed by atoms with van der Waals surface area (Å²) in [6.07, 6.45) is 3.10. The molecule has 9 nitrogen and oxygen atoms in total. The SMILES string of the molecule is Cn1ncc2ccc(S(=O)(=O)c3ccc(-c4nn(C)c5ncc(C(N)=O)cc45)cc3)cc21. The Bertz CT molecular complexity index is 1630. The van der Waals surface area contributed by atoms with Gasteiger partial charge in [-0.3, -0.25) is 9.48 Å². The molecule has 160 valence electrons. The average molecular weight is 446 g/mol. The largest absolute Gasteiger partial charge is 0.366 e. The predicted molar refractivity (Wildman–Crippen MR) is 119 cm³/mol. The van der Waals surface area contributed by atoms with Crippen molar-refractivity contribution >= 4 is 37.7 Å². The fourth-order valence-corrected chi connectivity index (χ4v) is 4.99. The molecule has 0 spiro atoms. The Morgan fingerprint density at radius 1 is 0.938 bits per heavy atom. The number of pyridine rings is 1. The number of nitrogens with zero attached hydrogens (tertiary/aromatic N) is 5. The Kier molecular flexibility index (Phi) is 4.34. The van der Waals surface area contributed by atoms with E-state index in [9.17, 15) is 13.2 Å². The van der Waals surface area contributed by atoms with Gasteiger partial charge < -0.3 is 5.73 Å². The number of carbonyl (C=O) groups is 1. The third-order valence-corrected chi connectivity index (χ3v) is 7.20. The van der Waals surface area contributed by atoms with E-state index in [4.69, 9.17) is 5.73 Å². The van der Waals surface area contributed by atoms with E-state index in [2.05, 4.69) is 15.2 Å². The lowest BCUT2D eigenvalue weighted by Crippen LogP contribution is -2.11. The minimum atomic E-state index is -3.72. The van der Waals surface area contributed by atoms with Gasteiger partial charge in [0.1, 0.15) is 5.69 Å². The van der Waals surface area contributed by atoms with Gasteiger partial charge in [0, 0.05) is 36.6 Å². The van der Waals surface area contributed by atoms with Crippen molar-refractivity contribution in [3.63, 3.8) is 0 Å². The number of aryl methyl sites for hydroxylation is 2. The topological polar surface area (TPSA) is 126 Å². The lowest BCUT2D eigenvalue weighted by Gasteiger charge is -2.07. The van der Waals surface area contributed by atoms with Crippen molar-refractivity contribution in [1.82, 2.24) is 24.5 Å². The van der Waals surface area contributed by atoms with E-state index in [1.54, 1.807) is 78.2 Å². The van der Waals surface area contributed by atoms with Gasteiger partial charge in [-0.25, -0.2) is 18.1 Å². The average Bonchev–Trinajstić information content (AvgIpc) is 3.33. The van der Waals surface area contributed by atoms with Gasteiger partial charge in [-0.05, 0) is 36.4 Å². The molecule has 0 aliphatic carbocycles. The zero-order valence-corrected chi connectivity index (χ0v) is 18.0. The van der Waals surface area contributed by atoms with Crippen LogP contribution in [0.15, 0.2) is 70.7 Å². The second kappa shape index (κ2) is 6.99. The number of carbonyl (C=O) groups excluding carboxylic acids is 1. The van der Waals surface area contributed by atoms with E-state index in [1.165, 1.54) is 6.20 Å². The van der Waals surface area contributed by atoms with Crippen LogP contribution in [0.2, 0.25) is 0 Å². The molecule has 0 fully saturated rings. The van der Waals surface area contributed by atoms with Crippen LogP contribution >= 0.6 is 0 Å². The summed E-state index contributed by atoms with van der Waals surface area (Å²) < 4.78 is 29.6. The fourth-order valence-electron chi connectivity index (χ4n) is 3.71. The fraction of sp³-hybridized carbons (Fsp3) is 0.0909. The Labute approximate surface area is 183 Å². The summed E-state index contributed by atoms with van der Waals surface area (Å²) in [5, 5.41) is 10.2. The molecule has 1 amide bonds. The highest BCUT2D eigenvalue weighted by molar-refractivity contribution is 7.91. The van der Waals surface area contributed by atoms with Crippen molar-refractivity contribution in [2.24, 2.45) is 19.8 Å². The normalized spacial score (nSPS) is 11.9. The van der Waals surface area contributed by atoms with Gasteiger partial charge >= 0.3 is 0 Å². The van der Waals surface area contributed by atoms with Crippen LogP contribution in [0.1, 0.15) is 10.4 Å². The first kappa shape index (κ1) is 19.9. The maximum atomic E-state index is 13.2. The quantitative estimate of drug-likeness (QED) is 0.452. The summed E-state index contributed by atoms with van der Waals surface area (Å²) in [7, 11) is -0.206. The van der Waals surface area contributed by atoms with Gasteiger partial charge in [-0.1, -0.05) is 12.1 Å². The van der Waals surface area contributed by atoms with Crippen LogP contribution in [-0.2, 0) is 23.9 Å². The van der Waals surface area contributed by atoms with Gasteiger partial charge in [0.05, 0.1) is 27.1 Å². The molecule has 0 saturated heterocycles. The van der Waals surface area contributed by atoms with E-state index >= 15 is 0 Å². The van der Waals surface area contributed by atoms with Crippen molar-refractivity contribution in [1.29, 1.82) is 0 Å². The highest BCUT2D eigenvalue weighted by Crippen LogP contribution is 2.30. The lowest BCUT2D eigenvalue weighted by molar-refractivity contribution is 0.1000. The zero-order chi connectivity index (χ0) is 22.6. The molecule has 5 aromatic rings. The van der Waals surface area contributed by atoms with Crippen LogP contribution in [0.3, 0.4) is 0 Å². The Morgan fingerprint density at radius 2 is 1.66 bits per heavy atom. The van der Waals surface area contributed by atoms with Gasteiger partial charge in [-0.2, -0.15) is 10.2 Å². The second-order valence-electron chi connectivity index (χ2n) is 7.45.